The Morgan fingerprint density at radius 3 is 2.68 bits per heavy atom. The smallest absolute Gasteiger partial charge is 0.0972 e. The molecule has 0 amide bonds. The number of nitrogens with zero attached hydrogens (tertiary/aromatic N) is 4. The first kappa shape index (κ1) is 14.6. The van der Waals surface area contributed by atoms with Crippen LogP contribution in [0.25, 0.3) is 0 Å². The van der Waals surface area contributed by atoms with E-state index < -0.39 is 6.10 Å². The molecule has 5 nitrogen and oxygen atoms in total. The molecule has 0 fully saturated rings. The number of aliphatic hydroxyl groups excluding tert-OH is 1. The van der Waals surface area contributed by atoms with E-state index in [-0.39, 0.29) is 0 Å². The van der Waals surface area contributed by atoms with E-state index in [1.165, 1.54) is 11.5 Å². The van der Waals surface area contributed by atoms with Gasteiger partial charge in [0.1, 0.15) is 0 Å². The third-order valence-electron chi connectivity index (χ3n) is 3.07. The Morgan fingerprint density at radius 1 is 1.42 bits per heavy atom. The second kappa shape index (κ2) is 6.11. The van der Waals surface area contributed by atoms with Gasteiger partial charge in [0, 0.05) is 13.0 Å². The highest BCUT2D eigenvalue weighted by Crippen LogP contribution is 2.29. The quantitative estimate of drug-likeness (QED) is 0.905. The maximum absolute atomic E-state index is 10.3. The minimum atomic E-state index is -0.581. The summed E-state index contributed by atoms with van der Waals surface area (Å²) in [7, 11) is 0. The van der Waals surface area contributed by atoms with E-state index in [0.29, 0.717) is 6.42 Å². The molecule has 19 heavy (non-hydrogen) atoms. The van der Waals surface area contributed by atoms with Crippen molar-refractivity contribution in [3.63, 3.8) is 0 Å². The van der Waals surface area contributed by atoms with Gasteiger partial charge in [-0.2, -0.15) is 5.10 Å². The summed E-state index contributed by atoms with van der Waals surface area (Å²) >= 11 is 4.84. The summed E-state index contributed by atoms with van der Waals surface area (Å²) in [6, 6.07) is 0. The van der Waals surface area contributed by atoms with E-state index >= 15 is 0 Å². The fourth-order valence-corrected chi connectivity index (χ4v) is 3.39. The molecule has 0 radical (unpaired) electrons. The fraction of sp³-hybridized carbons (Fsp3) is 0.583. The van der Waals surface area contributed by atoms with E-state index in [0.717, 1.165) is 39.4 Å². The second-order valence-electron chi connectivity index (χ2n) is 4.32. The van der Waals surface area contributed by atoms with Gasteiger partial charge in [0.25, 0.3) is 0 Å². The number of aliphatic hydroxyl groups is 1. The van der Waals surface area contributed by atoms with Crippen LogP contribution in [0.5, 0.6) is 0 Å². The molecule has 0 bridgehead atoms. The minimum Gasteiger partial charge on any atom is -0.387 e. The van der Waals surface area contributed by atoms with E-state index in [9.17, 15) is 5.11 Å². The molecular formula is C12H17BrN4OS. The van der Waals surface area contributed by atoms with Crippen molar-refractivity contribution in [2.45, 2.75) is 46.3 Å². The topological polar surface area (TPSA) is 63.8 Å². The van der Waals surface area contributed by atoms with Gasteiger partial charge in [-0.05, 0) is 47.7 Å². The summed E-state index contributed by atoms with van der Waals surface area (Å²) in [6.07, 6.45) is 0.812. The van der Waals surface area contributed by atoms with Crippen molar-refractivity contribution in [3.8, 4) is 0 Å². The molecule has 2 aromatic rings. The standard InChI is InChI=1S/C12H17BrN4OS/c1-4-8-11(13)9(17(5-2)15-8)6-10(18)12-7(3)14-16-19-12/h10,18H,4-6H2,1-3H3. The summed E-state index contributed by atoms with van der Waals surface area (Å²) in [5, 5.41) is 18.8. The van der Waals surface area contributed by atoms with E-state index in [1.54, 1.807) is 0 Å². The van der Waals surface area contributed by atoms with Crippen molar-refractivity contribution in [2.24, 2.45) is 0 Å². The molecule has 0 aliphatic heterocycles. The largest absolute Gasteiger partial charge is 0.387 e. The first-order valence-electron chi connectivity index (χ1n) is 6.29. The lowest BCUT2D eigenvalue weighted by molar-refractivity contribution is 0.178. The van der Waals surface area contributed by atoms with Crippen LogP contribution in [0.2, 0.25) is 0 Å². The molecule has 0 aliphatic rings. The molecule has 1 N–H and O–H groups in total. The van der Waals surface area contributed by atoms with Gasteiger partial charge in [0.05, 0.1) is 32.5 Å². The number of halogens is 1. The average molecular weight is 345 g/mol. The predicted molar refractivity (Wildman–Crippen MR) is 78.3 cm³/mol. The van der Waals surface area contributed by atoms with Gasteiger partial charge in [-0.15, -0.1) is 5.10 Å². The Bertz CT molecular complexity index is 566. The molecule has 2 heterocycles. The molecule has 0 saturated heterocycles. The summed E-state index contributed by atoms with van der Waals surface area (Å²) in [6.45, 7) is 6.78. The Morgan fingerprint density at radius 2 is 2.16 bits per heavy atom. The van der Waals surface area contributed by atoms with Crippen LogP contribution in [0.3, 0.4) is 0 Å². The predicted octanol–water partition coefficient (Wildman–Crippen LogP) is 2.66. The Kier molecular flexibility index (Phi) is 4.70. The van der Waals surface area contributed by atoms with Crippen molar-refractivity contribution >= 4 is 27.5 Å². The highest BCUT2D eigenvalue weighted by Gasteiger charge is 2.21. The van der Waals surface area contributed by atoms with Gasteiger partial charge in [0.2, 0.25) is 0 Å². The highest BCUT2D eigenvalue weighted by atomic mass is 79.9. The first-order valence-corrected chi connectivity index (χ1v) is 7.86. The van der Waals surface area contributed by atoms with Gasteiger partial charge < -0.3 is 5.11 Å². The summed E-state index contributed by atoms with van der Waals surface area (Å²) < 4.78 is 6.81. The summed E-state index contributed by atoms with van der Waals surface area (Å²) in [5.74, 6) is 0. The zero-order valence-corrected chi connectivity index (χ0v) is 13.6. The molecule has 0 spiro atoms. The van der Waals surface area contributed by atoms with E-state index in [4.69, 9.17) is 0 Å². The number of hydrogen-bond donors (Lipinski definition) is 1. The Balaban J connectivity index is 2.28. The SMILES string of the molecule is CCc1nn(CC)c(CC(O)c2snnc2C)c1Br. The van der Waals surface area contributed by atoms with Crippen molar-refractivity contribution in [1.29, 1.82) is 0 Å². The third kappa shape index (κ3) is 2.88. The summed E-state index contributed by atoms with van der Waals surface area (Å²) in [5.41, 5.74) is 2.86. The molecule has 0 saturated carbocycles. The molecular weight excluding hydrogens is 328 g/mol. The molecule has 7 heteroatoms. The zero-order valence-electron chi connectivity index (χ0n) is 11.2. The molecule has 0 aliphatic carbocycles. The maximum atomic E-state index is 10.3. The van der Waals surface area contributed by atoms with Gasteiger partial charge >= 0.3 is 0 Å². The van der Waals surface area contributed by atoms with Gasteiger partial charge in [-0.3, -0.25) is 4.68 Å². The first-order chi connectivity index (χ1) is 9.08. The molecule has 1 unspecified atom stereocenters. The second-order valence-corrected chi connectivity index (χ2v) is 5.90. The number of rotatable bonds is 5. The van der Waals surface area contributed by atoms with Crippen molar-refractivity contribution in [2.75, 3.05) is 0 Å². The molecule has 0 aromatic carbocycles. The monoisotopic (exact) mass is 344 g/mol. The van der Waals surface area contributed by atoms with E-state index in [2.05, 4.69) is 37.5 Å². The van der Waals surface area contributed by atoms with Gasteiger partial charge in [-0.25, -0.2) is 0 Å². The van der Waals surface area contributed by atoms with Crippen molar-refractivity contribution in [1.82, 2.24) is 19.4 Å². The van der Waals surface area contributed by atoms with Gasteiger partial charge in [0.15, 0.2) is 0 Å². The van der Waals surface area contributed by atoms with Crippen LogP contribution in [0.1, 0.15) is 41.9 Å². The number of hydrogen-bond acceptors (Lipinski definition) is 5. The highest BCUT2D eigenvalue weighted by molar-refractivity contribution is 9.10. The Hall–Kier alpha value is -0.790. The molecule has 2 aromatic heterocycles. The van der Waals surface area contributed by atoms with Crippen LogP contribution < -0.4 is 0 Å². The number of aromatic nitrogens is 4. The van der Waals surface area contributed by atoms with Gasteiger partial charge in [-0.1, -0.05) is 11.4 Å². The van der Waals surface area contributed by atoms with Crippen LogP contribution >= 0.6 is 27.5 Å². The number of aryl methyl sites for hydroxylation is 3. The molecule has 1 atom stereocenters. The third-order valence-corrected chi connectivity index (χ3v) is 4.91. The summed E-state index contributed by atoms with van der Waals surface area (Å²) in [4.78, 5) is 0.828. The zero-order chi connectivity index (χ0) is 14.0. The lowest BCUT2D eigenvalue weighted by atomic mass is 10.1. The molecule has 104 valence electrons. The minimum absolute atomic E-state index is 0.520. The van der Waals surface area contributed by atoms with Crippen LogP contribution in [-0.2, 0) is 19.4 Å². The molecule has 2 rings (SSSR count). The van der Waals surface area contributed by atoms with Crippen LogP contribution in [-0.4, -0.2) is 24.5 Å². The Labute approximate surface area is 125 Å². The van der Waals surface area contributed by atoms with Crippen molar-refractivity contribution < 1.29 is 5.11 Å². The maximum Gasteiger partial charge on any atom is 0.0972 e. The lowest BCUT2D eigenvalue weighted by Gasteiger charge is -2.10. The van der Waals surface area contributed by atoms with E-state index in [1.807, 2.05) is 18.5 Å². The van der Waals surface area contributed by atoms with Crippen LogP contribution in [0, 0.1) is 6.92 Å². The fourth-order valence-electron chi connectivity index (χ4n) is 2.03. The van der Waals surface area contributed by atoms with Crippen molar-refractivity contribution in [3.05, 3.63) is 26.4 Å². The van der Waals surface area contributed by atoms with Crippen LogP contribution in [0.4, 0.5) is 0 Å². The lowest BCUT2D eigenvalue weighted by Crippen LogP contribution is -2.08. The average Bonchev–Trinajstić information content (AvgIpc) is 2.95. The normalized spacial score (nSPS) is 12.9. The van der Waals surface area contributed by atoms with Crippen LogP contribution in [0.15, 0.2) is 4.47 Å².